The normalized spacial score (nSPS) is 26.5. The number of ether oxygens (including phenoxy) is 3. The minimum Gasteiger partial charge on any atom is -0.482 e. The molecular weight excluding hydrogens is 480 g/mol. The van der Waals surface area contributed by atoms with Gasteiger partial charge >= 0.3 is 0 Å². The minimum absolute atomic E-state index is 0.0949. The molecule has 4 heterocycles. The molecule has 5 rings (SSSR count). The third kappa shape index (κ3) is 4.12. The summed E-state index contributed by atoms with van der Waals surface area (Å²) < 4.78 is 45.6. The van der Waals surface area contributed by atoms with Crippen molar-refractivity contribution in [2.45, 2.75) is 43.7 Å². The van der Waals surface area contributed by atoms with Gasteiger partial charge in [-0.25, -0.2) is 13.8 Å². The molecule has 0 amide bonds. The van der Waals surface area contributed by atoms with Gasteiger partial charge in [0.15, 0.2) is 11.6 Å². The first-order valence-electron chi connectivity index (χ1n) is 11.1. The number of aliphatic hydroxyl groups is 1. The summed E-state index contributed by atoms with van der Waals surface area (Å²) in [6.07, 6.45) is 1.40. The molecule has 184 valence electrons. The van der Waals surface area contributed by atoms with E-state index in [1.165, 1.54) is 0 Å². The molecule has 5 atom stereocenters. The van der Waals surface area contributed by atoms with Crippen LogP contribution in [0.4, 0.5) is 14.6 Å². The van der Waals surface area contributed by atoms with Crippen molar-refractivity contribution in [2.24, 2.45) is 0 Å². The summed E-state index contributed by atoms with van der Waals surface area (Å²) in [5, 5.41) is 9.86. The van der Waals surface area contributed by atoms with E-state index in [0.29, 0.717) is 12.2 Å². The first-order chi connectivity index (χ1) is 16.7. The fourth-order valence-electron chi connectivity index (χ4n) is 4.67. The topological polar surface area (TPSA) is 99.7 Å². The number of hydrogen-bond donors (Lipinski definition) is 2. The molecule has 10 heteroatoms. The molecule has 5 unspecified atom stereocenters. The summed E-state index contributed by atoms with van der Waals surface area (Å²) in [6, 6.07) is 7.38. The maximum absolute atomic E-state index is 14.3. The number of rotatable bonds is 5. The lowest BCUT2D eigenvalue weighted by molar-refractivity contribution is -0.0621. The van der Waals surface area contributed by atoms with Crippen LogP contribution in [0.2, 0.25) is 5.02 Å². The lowest BCUT2D eigenvalue weighted by atomic mass is 9.88. The van der Waals surface area contributed by atoms with Crippen LogP contribution in [0.25, 0.3) is 11.1 Å². The van der Waals surface area contributed by atoms with E-state index < -0.39 is 29.4 Å². The molecule has 0 radical (unpaired) electrons. The van der Waals surface area contributed by atoms with Crippen molar-refractivity contribution < 1.29 is 28.1 Å². The van der Waals surface area contributed by atoms with Crippen LogP contribution in [0.15, 0.2) is 42.7 Å². The van der Waals surface area contributed by atoms with Crippen molar-refractivity contribution >= 4 is 17.4 Å². The first-order valence-corrected chi connectivity index (χ1v) is 11.5. The molecule has 1 aromatic carbocycles. The number of halogens is 3. The van der Waals surface area contributed by atoms with Gasteiger partial charge in [0.25, 0.3) is 0 Å². The Kier molecular flexibility index (Phi) is 6.13. The van der Waals surface area contributed by atoms with Gasteiger partial charge < -0.3 is 25.1 Å². The second-order valence-corrected chi connectivity index (χ2v) is 9.35. The molecule has 3 aromatic rings. The zero-order valence-electron chi connectivity index (χ0n) is 19.0. The Balaban J connectivity index is 1.37. The van der Waals surface area contributed by atoms with E-state index in [0.717, 1.165) is 23.4 Å². The number of nitrogens with two attached hydrogens (primary N) is 1. The van der Waals surface area contributed by atoms with E-state index in [4.69, 9.17) is 31.5 Å². The number of nitrogens with zero attached hydrogens (tertiary/aromatic N) is 2. The largest absolute Gasteiger partial charge is 0.482 e. The SMILES string of the molecule is CC(Oc1cc(-c2ccc(C3COC4(C)C(O)COC34)nc2)cnc1N)c1c(F)ccc(F)c1Cl. The van der Waals surface area contributed by atoms with Crippen LogP contribution < -0.4 is 10.5 Å². The molecule has 0 saturated carbocycles. The predicted octanol–water partition coefficient (Wildman–Crippen LogP) is 4.43. The molecule has 2 aromatic heterocycles. The number of anilines is 1. The third-order valence-corrected chi connectivity index (χ3v) is 7.15. The molecule has 2 aliphatic rings. The highest BCUT2D eigenvalue weighted by Gasteiger charge is 2.57. The highest BCUT2D eigenvalue weighted by atomic mass is 35.5. The second-order valence-electron chi connectivity index (χ2n) is 8.97. The third-order valence-electron chi connectivity index (χ3n) is 6.77. The standard InChI is InChI=1S/C25H24ClF2N3O4/c1-12(21-16(27)4-5-17(28)22(21)26)35-19-7-14(9-31-24(19)29)13-3-6-18(30-8-13)15-10-34-25(2)20(32)11-33-23(15)25/h3-9,12,15,20,23,32H,10-11H2,1-2H3,(H2,29,31). The van der Waals surface area contributed by atoms with Gasteiger partial charge in [-0.05, 0) is 38.1 Å². The van der Waals surface area contributed by atoms with Gasteiger partial charge in [-0.15, -0.1) is 0 Å². The van der Waals surface area contributed by atoms with Crippen molar-refractivity contribution in [1.82, 2.24) is 9.97 Å². The fourth-order valence-corrected chi connectivity index (χ4v) is 4.98. The summed E-state index contributed by atoms with van der Waals surface area (Å²) in [6.45, 7) is 4.04. The van der Waals surface area contributed by atoms with Gasteiger partial charge in [-0.2, -0.15) is 0 Å². The zero-order valence-corrected chi connectivity index (χ0v) is 19.8. The number of pyridine rings is 2. The van der Waals surface area contributed by atoms with E-state index in [1.807, 2.05) is 19.1 Å². The van der Waals surface area contributed by atoms with Crippen LogP contribution in [-0.4, -0.2) is 46.1 Å². The lowest BCUT2D eigenvalue weighted by Crippen LogP contribution is -2.42. The number of fused-ring (bicyclic) bond motifs is 1. The van der Waals surface area contributed by atoms with Gasteiger partial charge in [-0.1, -0.05) is 17.7 Å². The quantitative estimate of drug-likeness (QED) is 0.497. The second kappa shape index (κ2) is 8.98. The van der Waals surface area contributed by atoms with Crippen LogP contribution in [0, 0.1) is 11.6 Å². The fraction of sp³-hybridized carbons (Fsp3) is 0.360. The molecule has 2 saturated heterocycles. The van der Waals surface area contributed by atoms with Crippen LogP contribution in [0.5, 0.6) is 5.75 Å². The van der Waals surface area contributed by atoms with Crippen LogP contribution in [0.1, 0.15) is 37.1 Å². The maximum Gasteiger partial charge on any atom is 0.166 e. The van der Waals surface area contributed by atoms with Crippen molar-refractivity contribution in [3.05, 3.63) is 70.6 Å². The molecule has 2 fully saturated rings. The van der Waals surface area contributed by atoms with Gasteiger partial charge in [-0.3, -0.25) is 4.98 Å². The van der Waals surface area contributed by atoms with Gasteiger partial charge in [0, 0.05) is 34.8 Å². The summed E-state index contributed by atoms with van der Waals surface area (Å²) >= 11 is 5.96. The van der Waals surface area contributed by atoms with Crippen molar-refractivity contribution in [3.8, 4) is 16.9 Å². The van der Waals surface area contributed by atoms with Gasteiger partial charge in [0.2, 0.25) is 0 Å². The van der Waals surface area contributed by atoms with E-state index in [-0.39, 0.29) is 40.8 Å². The Morgan fingerprint density at radius 2 is 1.89 bits per heavy atom. The Bertz CT molecular complexity index is 1260. The Labute approximate surface area is 205 Å². The molecule has 0 aliphatic carbocycles. The molecule has 35 heavy (non-hydrogen) atoms. The number of aliphatic hydroxyl groups excluding tert-OH is 1. The summed E-state index contributed by atoms with van der Waals surface area (Å²) in [5.41, 5.74) is 7.36. The summed E-state index contributed by atoms with van der Waals surface area (Å²) in [5.74, 6) is -1.22. The van der Waals surface area contributed by atoms with Crippen molar-refractivity contribution in [2.75, 3.05) is 18.9 Å². The molecule has 0 bridgehead atoms. The average molecular weight is 504 g/mol. The molecule has 2 aliphatic heterocycles. The van der Waals surface area contributed by atoms with Crippen molar-refractivity contribution in [3.63, 3.8) is 0 Å². The van der Waals surface area contributed by atoms with Crippen LogP contribution >= 0.6 is 11.6 Å². The predicted molar refractivity (Wildman–Crippen MR) is 125 cm³/mol. The van der Waals surface area contributed by atoms with E-state index in [1.54, 1.807) is 25.4 Å². The Morgan fingerprint density at radius 3 is 2.63 bits per heavy atom. The minimum atomic E-state index is -0.920. The highest BCUT2D eigenvalue weighted by Crippen LogP contribution is 2.44. The monoisotopic (exact) mass is 503 g/mol. The van der Waals surface area contributed by atoms with E-state index in [2.05, 4.69) is 9.97 Å². The number of aromatic nitrogens is 2. The molecule has 7 nitrogen and oxygen atoms in total. The molecule has 0 spiro atoms. The van der Waals surface area contributed by atoms with Gasteiger partial charge in [0.05, 0.1) is 30.3 Å². The maximum atomic E-state index is 14.3. The van der Waals surface area contributed by atoms with E-state index >= 15 is 0 Å². The lowest BCUT2D eigenvalue weighted by Gasteiger charge is -2.25. The smallest absolute Gasteiger partial charge is 0.166 e. The number of nitrogen functional groups attached to an aromatic ring is 1. The van der Waals surface area contributed by atoms with E-state index in [9.17, 15) is 13.9 Å². The molecular formula is C25H24ClF2N3O4. The summed E-state index contributed by atoms with van der Waals surface area (Å²) in [7, 11) is 0. The zero-order chi connectivity index (χ0) is 24.9. The number of hydrogen-bond acceptors (Lipinski definition) is 7. The van der Waals surface area contributed by atoms with Crippen LogP contribution in [0.3, 0.4) is 0 Å². The summed E-state index contributed by atoms with van der Waals surface area (Å²) in [4.78, 5) is 8.78. The first kappa shape index (κ1) is 23.9. The van der Waals surface area contributed by atoms with Crippen molar-refractivity contribution in [1.29, 1.82) is 0 Å². The van der Waals surface area contributed by atoms with Gasteiger partial charge in [0.1, 0.15) is 29.4 Å². The Morgan fingerprint density at radius 1 is 1.14 bits per heavy atom. The number of benzene rings is 1. The average Bonchev–Trinajstić information content (AvgIpc) is 3.33. The highest BCUT2D eigenvalue weighted by molar-refractivity contribution is 6.31. The van der Waals surface area contributed by atoms with Crippen LogP contribution in [-0.2, 0) is 9.47 Å². The Hall–Kier alpha value is -2.85. The molecule has 3 N–H and O–H groups in total.